The van der Waals surface area contributed by atoms with Crippen molar-refractivity contribution >= 4 is 5.91 Å². The Hall–Kier alpha value is -2.43. The van der Waals surface area contributed by atoms with Gasteiger partial charge >= 0.3 is 0 Å². The zero-order valence-corrected chi connectivity index (χ0v) is 13.1. The molecule has 0 aliphatic rings. The summed E-state index contributed by atoms with van der Waals surface area (Å²) in [7, 11) is 0. The van der Waals surface area contributed by atoms with Crippen LogP contribution in [0.2, 0.25) is 0 Å². The Balaban J connectivity index is 1.76. The van der Waals surface area contributed by atoms with Gasteiger partial charge in [0.25, 0.3) is 5.91 Å². The molecule has 0 atom stereocenters. The van der Waals surface area contributed by atoms with E-state index < -0.39 is 0 Å². The van der Waals surface area contributed by atoms with Crippen LogP contribution in [0, 0.1) is 13.8 Å². The van der Waals surface area contributed by atoms with E-state index in [0.717, 1.165) is 22.8 Å². The molecule has 1 aromatic heterocycles. The fourth-order valence-corrected chi connectivity index (χ4v) is 2.05. The smallest absolute Gasteiger partial charge is 0.258 e. The Bertz CT molecular complexity index is 616. The average molecular weight is 303 g/mol. The molecule has 0 saturated heterocycles. The van der Waals surface area contributed by atoms with Crippen molar-refractivity contribution in [3.63, 3.8) is 0 Å². The first-order chi connectivity index (χ1) is 10.6. The first kappa shape index (κ1) is 15.9. The summed E-state index contributed by atoms with van der Waals surface area (Å²) in [6.45, 7) is 6.73. The summed E-state index contributed by atoms with van der Waals surface area (Å²) in [5.41, 5.74) is 0.979. The Morgan fingerprint density at radius 2 is 1.77 bits per heavy atom. The minimum Gasteiger partial charge on any atom is -0.494 e. The molecule has 0 bridgehead atoms. The van der Waals surface area contributed by atoms with E-state index in [1.165, 1.54) is 0 Å². The second-order valence-electron chi connectivity index (χ2n) is 4.91. The number of hydrogen-bond acceptors (Lipinski definition) is 4. The lowest BCUT2D eigenvalue weighted by atomic mass is 10.2. The molecule has 0 spiro atoms. The van der Waals surface area contributed by atoms with Gasteiger partial charge in [0.2, 0.25) is 0 Å². The zero-order valence-electron chi connectivity index (χ0n) is 13.1. The predicted octanol–water partition coefficient (Wildman–Crippen LogP) is 2.99. The monoisotopic (exact) mass is 303 g/mol. The maximum atomic E-state index is 11.8. The van der Waals surface area contributed by atoms with Gasteiger partial charge < -0.3 is 19.2 Å². The minimum atomic E-state index is -0.174. The predicted molar refractivity (Wildman–Crippen MR) is 83.1 cm³/mol. The van der Waals surface area contributed by atoms with Crippen LogP contribution in [0.5, 0.6) is 11.5 Å². The molecule has 0 radical (unpaired) electrons. The second kappa shape index (κ2) is 7.54. The second-order valence-corrected chi connectivity index (χ2v) is 4.91. The largest absolute Gasteiger partial charge is 0.494 e. The highest BCUT2D eigenvalue weighted by atomic mass is 16.5. The first-order valence-electron chi connectivity index (χ1n) is 7.26. The molecule has 22 heavy (non-hydrogen) atoms. The first-order valence-corrected chi connectivity index (χ1v) is 7.26. The van der Waals surface area contributed by atoms with Crippen LogP contribution in [-0.4, -0.2) is 19.1 Å². The quantitative estimate of drug-likeness (QED) is 0.854. The number of hydrogen-bond donors (Lipinski definition) is 1. The van der Waals surface area contributed by atoms with Gasteiger partial charge in [-0.3, -0.25) is 4.79 Å². The van der Waals surface area contributed by atoms with E-state index in [1.807, 2.05) is 39.0 Å². The number of benzene rings is 1. The number of furan rings is 1. The molecular formula is C17H21NO4. The molecule has 0 saturated carbocycles. The molecule has 2 rings (SSSR count). The van der Waals surface area contributed by atoms with E-state index in [9.17, 15) is 4.79 Å². The van der Waals surface area contributed by atoms with E-state index in [1.54, 1.807) is 12.1 Å². The number of aryl methyl sites for hydroxylation is 2. The molecule has 1 aromatic carbocycles. The maximum Gasteiger partial charge on any atom is 0.258 e. The van der Waals surface area contributed by atoms with Crippen LogP contribution in [0.25, 0.3) is 0 Å². The molecule has 0 fully saturated rings. The molecule has 118 valence electrons. The third-order valence-corrected chi connectivity index (χ3v) is 3.12. The van der Waals surface area contributed by atoms with Crippen LogP contribution >= 0.6 is 0 Å². The maximum absolute atomic E-state index is 11.8. The van der Waals surface area contributed by atoms with Crippen molar-refractivity contribution in [1.82, 2.24) is 5.32 Å². The van der Waals surface area contributed by atoms with E-state index in [-0.39, 0.29) is 12.5 Å². The van der Waals surface area contributed by atoms with E-state index in [0.29, 0.717) is 18.9 Å². The van der Waals surface area contributed by atoms with Gasteiger partial charge in [-0.05, 0) is 51.1 Å². The fraction of sp³-hybridized carbons (Fsp3) is 0.353. The highest BCUT2D eigenvalue weighted by Gasteiger charge is 2.07. The fourth-order valence-electron chi connectivity index (χ4n) is 2.05. The summed E-state index contributed by atoms with van der Waals surface area (Å²) in [4.78, 5) is 11.8. The summed E-state index contributed by atoms with van der Waals surface area (Å²) in [5, 5.41) is 2.81. The molecule has 0 aliphatic heterocycles. The van der Waals surface area contributed by atoms with Crippen molar-refractivity contribution in [2.24, 2.45) is 0 Å². The highest BCUT2D eigenvalue weighted by molar-refractivity contribution is 5.77. The van der Waals surface area contributed by atoms with Gasteiger partial charge in [0.15, 0.2) is 6.61 Å². The van der Waals surface area contributed by atoms with Crippen molar-refractivity contribution in [3.8, 4) is 11.5 Å². The summed E-state index contributed by atoms with van der Waals surface area (Å²) in [5.74, 6) is 2.91. The van der Waals surface area contributed by atoms with Gasteiger partial charge in [0.1, 0.15) is 23.0 Å². The van der Waals surface area contributed by atoms with Gasteiger partial charge in [-0.1, -0.05) is 0 Å². The third-order valence-electron chi connectivity index (χ3n) is 3.12. The summed E-state index contributed by atoms with van der Waals surface area (Å²) in [6.07, 6.45) is 0. The van der Waals surface area contributed by atoms with Crippen LogP contribution < -0.4 is 14.8 Å². The molecule has 0 unspecified atom stereocenters. The van der Waals surface area contributed by atoms with Crippen LogP contribution in [-0.2, 0) is 11.3 Å². The topological polar surface area (TPSA) is 60.7 Å². The Labute approximate surface area is 130 Å². The van der Waals surface area contributed by atoms with E-state index in [4.69, 9.17) is 13.9 Å². The zero-order chi connectivity index (χ0) is 15.9. The highest BCUT2D eigenvalue weighted by Crippen LogP contribution is 2.17. The van der Waals surface area contributed by atoms with Gasteiger partial charge in [-0.15, -0.1) is 0 Å². The minimum absolute atomic E-state index is 0.0239. The van der Waals surface area contributed by atoms with Crippen molar-refractivity contribution in [1.29, 1.82) is 0 Å². The van der Waals surface area contributed by atoms with Gasteiger partial charge in [-0.25, -0.2) is 0 Å². The van der Waals surface area contributed by atoms with Crippen LogP contribution in [0.15, 0.2) is 34.7 Å². The average Bonchev–Trinajstić information content (AvgIpc) is 2.82. The van der Waals surface area contributed by atoms with Gasteiger partial charge in [0, 0.05) is 12.1 Å². The van der Waals surface area contributed by atoms with Crippen LogP contribution in [0.1, 0.15) is 24.0 Å². The Morgan fingerprint density at radius 3 is 2.32 bits per heavy atom. The normalized spacial score (nSPS) is 10.3. The van der Waals surface area contributed by atoms with Crippen molar-refractivity contribution in [3.05, 3.63) is 47.4 Å². The number of carbonyl (C=O) groups is 1. The molecule has 2 aromatic rings. The summed E-state index contributed by atoms with van der Waals surface area (Å²) in [6, 6.07) is 9.11. The lowest BCUT2D eigenvalue weighted by Crippen LogP contribution is -2.28. The molecular weight excluding hydrogens is 282 g/mol. The van der Waals surface area contributed by atoms with E-state index in [2.05, 4.69) is 5.32 Å². The van der Waals surface area contributed by atoms with Crippen molar-refractivity contribution in [2.45, 2.75) is 27.3 Å². The standard InChI is InChI=1S/C17H21NO4/c1-4-20-15-5-7-16(8-6-15)21-11-17(19)18-10-14-9-12(2)22-13(14)3/h5-9H,4,10-11H2,1-3H3,(H,18,19). The number of ether oxygens (including phenoxy) is 2. The molecule has 0 aliphatic carbocycles. The Morgan fingerprint density at radius 1 is 1.14 bits per heavy atom. The van der Waals surface area contributed by atoms with Gasteiger partial charge in [-0.2, -0.15) is 0 Å². The van der Waals surface area contributed by atoms with Crippen LogP contribution in [0.4, 0.5) is 0 Å². The molecule has 1 heterocycles. The molecule has 5 heteroatoms. The molecule has 1 amide bonds. The number of nitrogens with one attached hydrogen (secondary N) is 1. The van der Waals surface area contributed by atoms with Gasteiger partial charge in [0.05, 0.1) is 6.61 Å². The molecule has 1 N–H and O–H groups in total. The summed E-state index contributed by atoms with van der Waals surface area (Å²) < 4.78 is 16.2. The number of amides is 1. The Kier molecular flexibility index (Phi) is 5.47. The van der Waals surface area contributed by atoms with E-state index >= 15 is 0 Å². The molecule has 5 nitrogen and oxygen atoms in total. The van der Waals surface area contributed by atoms with Crippen molar-refractivity contribution < 1.29 is 18.7 Å². The lowest BCUT2D eigenvalue weighted by molar-refractivity contribution is -0.123. The SMILES string of the molecule is CCOc1ccc(OCC(=O)NCc2cc(C)oc2C)cc1. The summed E-state index contributed by atoms with van der Waals surface area (Å²) >= 11 is 0. The number of carbonyl (C=O) groups excluding carboxylic acids is 1. The lowest BCUT2D eigenvalue weighted by Gasteiger charge is -2.08. The number of rotatable bonds is 7. The third kappa shape index (κ3) is 4.55. The van der Waals surface area contributed by atoms with Crippen molar-refractivity contribution in [2.75, 3.05) is 13.2 Å². The van der Waals surface area contributed by atoms with Crippen LogP contribution in [0.3, 0.4) is 0 Å².